The fourth-order valence-electron chi connectivity index (χ4n) is 0. The van der Waals surface area contributed by atoms with E-state index in [1.165, 1.54) is 0 Å². The molecule has 0 aromatic heterocycles. The first-order chi connectivity index (χ1) is 2.94. The van der Waals surface area contributed by atoms with Gasteiger partial charge in [-0.05, 0) is 0 Å². The van der Waals surface area contributed by atoms with Gasteiger partial charge in [0.2, 0.25) is 0 Å². The zero-order chi connectivity index (χ0) is 6.08. The van der Waals surface area contributed by atoms with E-state index in [0.717, 1.165) is 0 Å². The molecule has 0 spiro atoms. The molecule has 0 N–H and O–H groups in total. The zero-order valence-electron chi connectivity index (χ0n) is 7.11. The zero-order valence-corrected chi connectivity index (χ0v) is 12.2. The first kappa shape index (κ1) is 47.1. The van der Waals surface area contributed by atoms with Gasteiger partial charge in [-0.25, -0.2) is 0 Å². The Balaban J connectivity index is -0.0000000120. The summed E-state index contributed by atoms with van der Waals surface area (Å²) in [4.78, 5) is 9.91. The fraction of sp³-hybridized carbons (Fsp3) is 0.800. The second-order valence-corrected chi connectivity index (χ2v) is 2.54. The molecule has 0 saturated heterocycles. The van der Waals surface area contributed by atoms with Crippen LogP contribution in [0.25, 0.3) is 0 Å². The van der Waals surface area contributed by atoms with Crippen LogP contribution >= 0.6 is 0 Å². The Morgan fingerprint density at radius 3 is 1.00 bits per heavy atom. The van der Waals surface area contributed by atoms with Crippen LogP contribution in [0, 0.1) is 5.41 Å². The van der Waals surface area contributed by atoms with Crippen LogP contribution in [-0.4, -0.2) is 5.97 Å². The molecule has 0 rings (SSSR count). The predicted octanol–water partition coefficient (Wildman–Crippen LogP) is -15.2. The normalized spacial score (nSPS) is 6.08. The van der Waals surface area contributed by atoms with Crippen LogP contribution in [0.1, 0.15) is 20.8 Å². The minimum atomic E-state index is -1.01. The first-order valence-corrected chi connectivity index (χ1v) is 2.16. The Hall–Kier alpha value is 1.45. The third kappa shape index (κ3) is 31.8. The molecule has 0 fully saturated rings. The van der Waals surface area contributed by atoms with Gasteiger partial charge in [-0.15, -0.1) is 0 Å². The van der Waals surface area contributed by atoms with Crippen molar-refractivity contribution >= 4 is 5.97 Å². The summed E-state index contributed by atoms with van der Waals surface area (Å²) in [5.74, 6) is -1.01. The largest absolute Gasteiger partial charge is 6.00 e. The van der Waals surface area contributed by atoms with Gasteiger partial charge in [0.05, 0.1) is 0 Å². The molecule has 0 saturated carbocycles. The number of carboxylic acid groups (broad SMARTS) is 1. The van der Waals surface area contributed by atoms with Crippen LogP contribution in [0.5, 0.6) is 0 Å². The molecule has 0 atom stereocenters. The molecule has 0 unspecified atom stereocenters. The molecule has 0 aliphatic heterocycles. The Labute approximate surface area is 121 Å². The Bertz CT molecular complexity index is 95.4. The maximum absolute atomic E-state index is 9.91. The van der Waals surface area contributed by atoms with Crippen molar-refractivity contribution < 1.29 is 89.3 Å². The van der Waals surface area contributed by atoms with Crippen molar-refractivity contribution in [3.05, 3.63) is 0 Å². The molecule has 0 aromatic rings. The Kier molecular flexibility index (Phi) is 69.2. The fourth-order valence-corrected chi connectivity index (χ4v) is 0. The summed E-state index contributed by atoms with van der Waals surface area (Å²) in [6.07, 6.45) is 0. The van der Waals surface area contributed by atoms with Gasteiger partial charge in [0, 0.05) is 11.4 Å². The van der Waals surface area contributed by atoms with Crippen molar-refractivity contribution in [3.8, 4) is 0 Å². The molecule has 82 valence electrons. The van der Waals surface area contributed by atoms with Gasteiger partial charge in [-0.2, -0.15) is 0 Å². The monoisotopic (exact) mass is 328 g/mol. The van der Waals surface area contributed by atoms with Gasteiger partial charge in [0.1, 0.15) is 0 Å². The van der Waals surface area contributed by atoms with E-state index >= 15 is 0 Å². The summed E-state index contributed by atoms with van der Waals surface area (Å²) in [5, 5.41) is 9.91. The molecule has 0 aliphatic carbocycles. The molecule has 0 amide bonds. The van der Waals surface area contributed by atoms with Crippen molar-refractivity contribution in [1.82, 2.24) is 0 Å². The van der Waals surface area contributed by atoms with E-state index in [-0.39, 0.29) is 79.4 Å². The summed E-state index contributed by atoms with van der Waals surface area (Å²) in [6, 6.07) is 0. The third-order valence-corrected chi connectivity index (χ3v) is 0.612. The summed E-state index contributed by atoms with van der Waals surface area (Å²) >= 11 is 0. The van der Waals surface area contributed by atoms with E-state index < -0.39 is 11.4 Å². The molecule has 2 nitrogen and oxygen atoms in total. The van der Waals surface area contributed by atoms with Gasteiger partial charge >= 0.3 is 17.4 Å². The first-order valence-electron chi connectivity index (χ1n) is 2.16. The Morgan fingerprint density at radius 2 is 1.00 bits per heavy atom. The van der Waals surface area contributed by atoms with E-state index in [2.05, 4.69) is 0 Å². The van der Waals surface area contributed by atoms with Gasteiger partial charge in [-0.1, -0.05) is 20.8 Å². The number of halogens is 5. The maximum Gasteiger partial charge on any atom is 6.00 e. The molecule has 13 heavy (non-hydrogen) atoms. The van der Waals surface area contributed by atoms with Gasteiger partial charge < -0.3 is 71.9 Å². The number of hydrogen-bond donors (Lipinski definition) is 0. The van der Waals surface area contributed by atoms with Crippen molar-refractivity contribution in [1.29, 1.82) is 0 Å². The number of rotatable bonds is 0. The number of hydrogen-bond acceptors (Lipinski definition) is 2. The van der Waals surface area contributed by atoms with Crippen LogP contribution in [-0.2, 0) is 22.2 Å². The van der Waals surface area contributed by atoms with Crippen LogP contribution in [0.3, 0.4) is 0 Å². The van der Waals surface area contributed by atoms with Crippen LogP contribution in [0.4, 0.5) is 0 Å². The summed E-state index contributed by atoms with van der Waals surface area (Å²) < 4.78 is 0. The average Bonchev–Trinajstić information content (AvgIpc) is 1.31. The van der Waals surface area contributed by atoms with Gasteiger partial charge in [0.15, 0.2) is 0 Å². The smallest absolute Gasteiger partial charge is 1.00 e. The van der Waals surface area contributed by atoms with E-state index in [4.69, 9.17) is 0 Å². The predicted molar refractivity (Wildman–Crippen MR) is 24.5 cm³/mol. The van der Waals surface area contributed by atoms with Crippen molar-refractivity contribution in [2.45, 2.75) is 20.8 Å². The SMILES string of the molecule is CC(C)(C)C(=O)[O-].[Cl-].[Cl-].[Cl-].[Cl-].[Cl-].[Cr+6]. The number of aliphatic carboxylic acids is 1. The van der Waals surface area contributed by atoms with E-state index in [1.54, 1.807) is 20.8 Å². The van der Waals surface area contributed by atoms with Gasteiger partial charge in [-0.3, -0.25) is 0 Å². The summed E-state index contributed by atoms with van der Waals surface area (Å²) in [5.41, 5.74) is -0.694. The molecule has 0 radical (unpaired) electrons. The summed E-state index contributed by atoms with van der Waals surface area (Å²) in [7, 11) is 0. The van der Waals surface area contributed by atoms with Crippen LogP contribution in [0.15, 0.2) is 0 Å². The second kappa shape index (κ2) is 19.1. The van der Waals surface area contributed by atoms with Crippen molar-refractivity contribution in [3.63, 3.8) is 0 Å². The quantitative estimate of drug-likeness (QED) is 0.443. The van der Waals surface area contributed by atoms with Crippen molar-refractivity contribution in [2.75, 3.05) is 0 Å². The topological polar surface area (TPSA) is 40.1 Å². The van der Waals surface area contributed by atoms with E-state index in [0.29, 0.717) is 0 Å². The van der Waals surface area contributed by atoms with Crippen LogP contribution in [0.2, 0.25) is 0 Å². The molecule has 0 bridgehead atoms. The minimum absolute atomic E-state index is 0. The second-order valence-electron chi connectivity index (χ2n) is 2.54. The maximum atomic E-state index is 9.91. The van der Waals surface area contributed by atoms with E-state index in [9.17, 15) is 9.90 Å². The van der Waals surface area contributed by atoms with Gasteiger partial charge in [0.25, 0.3) is 0 Å². The minimum Gasteiger partial charge on any atom is -1.00 e. The summed E-state index contributed by atoms with van der Waals surface area (Å²) in [6.45, 7) is 4.80. The molecule has 0 aromatic carbocycles. The average molecular weight is 330 g/mol. The number of carbonyl (C=O) groups excluding carboxylic acids is 1. The van der Waals surface area contributed by atoms with E-state index in [1.807, 2.05) is 0 Å². The Morgan fingerprint density at radius 1 is 0.923 bits per heavy atom. The molecular weight excluding hydrogens is 321 g/mol. The molecule has 0 heterocycles. The molecule has 8 heteroatoms. The number of carbonyl (C=O) groups is 1. The number of carboxylic acids is 1. The third-order valence-electron chi connectivity index (χ3n) is 0.612. The molecular formula is C5H9Cl5CrO2. The van der Waals surface area contributed by atoms with Crippen molar-refractivity contribution in [2.24, 2.45) is 5.41 Å². The van der Waals surface area contributed by atoms with Crippen LogP contribution < -0.4 is 67.1 Å². The molecule has 0 aliphatic rings. The standard InChI is InChI=1S/C5H10O2.5ClH.Cr/c1-5(2,3)4(6)7;;;;;;/h1-3H3,(H,6,7);5*1H;/q;;;;;;+6/p-6.